The quantitative estimate of drug-likeness (QED) is 0.680. The van der Waals surface area contributed by atoms with Gasteiger partial charge in [0.25, 0.3) is 11.8 Å². The van der Waals surface area contributed by atoms with Gasteiger partial charge in [0.2, 0.25) is 0 Å². The van der Waals surface area contributed by atoms with Crippen LogP contribution in [0.5, 0.6) is 0 Å². The number of nitrogens with zero attached hydrogens (tertiary/aromatic N) is 1. The number of alkyl halides is 2. The molecule has 1 aromatic rings. The molecule has 0 bridgehead atoms. The molecule has 1 heterocycles. The second-order valence-electron chi connectivity index (χ2n) is 3.61. The van der Waals surface area contributed by atoms with Gasteiger partial charge in [0.1, 0.15) is 17.2 Å². The van der Waals surface area contributed by atoms with E-state index in [0.717, 1.165) is 18.2 Å². The van der Waals surface area contributed by atoms with Gasteiger partial charge >= 0.3 is 0 Å². The molecular formula is C10H7F4NO. The average Bonchev–Trinajstić information content (AvgIpc) is 2.13. The molecule has 0 aliphatic carbocycles. The standard InChI is InChI=1S/C10H7F4NO/c11-6-2-1-3-7(12)8(6)9(16)15-4-10(13,14)5-15/h1-3H,4-5H2. The van der Waals surface area contributed by atoms with E-state index in [1.165, 1.54) is 0 Å². The summed E-state index contributed by atoms with van der Waals surface area (Å²) in [6.07, 6.45) is 0. The van der Waals surface area contributed by atoms with Gasteiger partial charge in [0.05, 0.1) is 13.1 Å². The number of amides is 1. The molecule has 1 amide bonds. The lowest BCUT2D eigenvalue weighted by Gasteiger charge is -2.38. The van der Waals surface area contributed by atoms with Gasteiger partial charge < -0.3 is 4.90 Å². The minimum atomic E-state index is -2.95. The Kier molecular flexibility index (Phi) is 2.36. The molecule has 0 spiro atoms. The first-order valence-corrected chi connectivity index (χ1v) is 4.52. The van der Waals surface area contributed by atoms with Crippen LogP contribution in [0.4, 0.5) is 17.6 Å². The summed E-state index contributed by atoms with van der Waals surface area (Å²) in [6, 6.07) is 2.93. The maximum atomic E-state index is 13.1. The van der Waals surface area contributed by atoms with E-state index in [-0.39, 0.29) is 0 Å². The van der Waals surface area contributed by atoms with Gasteiger partial charge in [-0.15, -0.1) is 0 Å². The van der Waals surface area contributed by atoms with E-state index in [4.69, 9.17) is 0 Å². The fraction of sp³-hybridized carbons (Fsp3) is 0.300. The summed E-state index contributed by atoms with van der Waals surface area (Å²) >= 11 is 0. The lowest BCUT2D eigenvalue weighted by Crippen LogP contribution is -2.58. The van der Waals surface area contributed by atoms with E-state index in [2.05, 4.69) is 0 Å². The highest BCUT2D eigenvalue weighted by Gasteiger charge is 2.47. The summed E-state index contributed by atoms with van der Waals surface area (Å²) in [5, 5.41) is 0. The van der Waals surface area contributed by atoms with E-state index in [9.17, 15) is 22.4 Å². The van der Waals surface area contributed by atoms with Crippen molar-refractivity contribution in [3.05, 3.63) is 35.4 Å². The van der Waals surface area contributed by atoms with Crippen molar-refractivity contribution in [2.24, 2.45) is 0 Å². The predicted octanol–water partition coefficient (Wildman–Crippen LogP) is 2.06. The number of carbonyl (C=O) groups is 1. The van der Waals surface area contributed by atoms with Crippen LogP contribution < -0.4 is 0 Å². The summed E-state index contributed by atoms with van der Waals surface area (Å²) in [6.45, 7) is -1.58. The summed E-state index contributed by atoms with van der Waals surface area (Å²) in [7, 11) is 0. The molecule has 0 radical (unpaired) electrons. The maximum Gasteiger partial charge on any atom is 0.282 e. The smallest absolute Gasteiger partial charge is 0.282 e. The summed E-state index contributed by atoms with van der Waals surface area (Å²) in [5.41, 5.74) is -0.780. The Balaban J connectivity index is 2.23. The largest absolute Gasteiger partial charge is 0.326 e. The van der Waals surface area contributed by atoms with E-state index in [1.54, 1.807) is 0 Å². The first-order chi connectivity index (χ1) is 7.41. The van der Waals surface area contributed by atoms with Crippen molar-refractivity contribution in [3.8, 4) is 0 Å². The second-order valence-corrected chi connectivity index (χ2v) is 3.61. The highest BCUT2D eigenvalue weighted by molar-refractivity contribution is 5.95. The van der Waals surface area contributed by atoms with Crippen molar-refractivity contribution >= 4 is 5.91 Å². The molecule has 0 aromatic heterocycles. The first-order valence-electron chi connectivity index (χ1n) is 4.52. The van der Waals surface area contributed by atoms with Crippen molar-refractivity contribution in [1.82, 2.24) is 4.90 Å². The van der Waals surface area contributed by atoms with Crippen LogP contribution in [0, 0.1) is 11.6 Å². The predicted molar refractivity (Wildman–Crippen MR) is 47.2 cm³/mol. The lowest BCUT2D eigenvalue weighted by atomic mass is 10.1. The molecule has 1 fully saturated rings. The van der Waals surface area contributed by atoms with Gasteiger partial charge in [-0.1, -0.05) is 6.07 Å². The number of likely N-dealkylation sites (tertiary alicyclic amines) is 1. The molecule has 1 saturated heterocycles. The van der Waals surface area contributed by atoms with Gasteiger partial charge in [-0.2, -0.15) is 0 Å². The number of hydrogen-bond acceptors (Lipinski definition) is 1. The van der Waals surface area contributed by atoms with E-state index in [0.29, 0.717) is 4.90 Å². The van der Waals surface area contributed by atoms with Gasteiger partial charge in [-0.05, 0) is 12.1 Å². The zero-order valence-electron chi connectivity index (χ0n) is 8.01. The van der Waals surface area contributed by atoms with Gasteiger partial charge in [0, 0.05) is 0 Å². The molecule has 0 saturated carbocycles. The van der Waals surface area contributed by atoms with Crippen LogP contribution >= 0.6 is 0 Å². The number of halogens is 4. The zero-order valence-corrected chi connectivity index (χ0v) is 8.01. The Bertz CT molecular complexity index is 418. The van der Waals surface area contributed by atoms with E-state index < -0.39 is 42.1 Å². The van der Waals surface area contributed by atoms with Crippen LogP contribution in [0.1, 0.15) is 10.4 Å². The Morgan fingerprint density at radius 3 is 2.12 bits per heavy atom. The van der Waals surface area contributed by atoms with Crippen LogP contribution in [0.2, 0.25) is 0 Å². The van der Waals surface area contributed by atoms with Crippen LogP contribution in [0.3, 0.4) is 0 Å². The summed E-state index contributed by atoms with van der Waals surface area (Å²) in [5.74, 6) is -6.07. The van der Waals surface area contributed by atoms with Crippen LogP contribution in [0.15, 0.2) is 18.2 Å². The monoisotopic (exact) mass is 233 g/mol. The molecule has 0 atom stereocenters. The fourth-order valence-electron chi connectivity index (χ4n) is 1.52. The third-order valence-electron chi connectivity index (χ3n) is 2.31. The minimum absolute atomic E-state index is 0.710. The van der Waals surface area contributed by atoms with Gasteiger partial charge in [-0.25, -0.2) is 17.6 Å². The number of carbonyl (C=O) groups excluding carboxylic acids is 1. The van der Waals surface area contributed by atoms with Crippen molar-refractivity contribution in [3.63, 3.8) is 0 Å². The van der Waals surface area contributed by atoms with E-state index in [1.807, 2.05) is 0 Å². The number of benzene rings is 1. The first kappa shape index (κ1) is 10.9. The van der Waals surface area contributed by atoms with E-state index >= 15 is 0 Å². The fourth-order valence-corrected chi connectivity index (χ4v) is 1.52. The van der Waals surface area contributed by atoms with Gasteiger partial charge in [-0.3, -0.25) is 4.79 Å². The normalized spacial score (nSPS) is 18.1. The molecule has 1 aliphatic heterocycles. The third kappa shape index (κ3) is 1.75. The highest BCUT2D eigenvalue weighted by Crippen LogP contribution is 2.29. The molecule has 86 valence electrons. The van der Waals surface area contributed by atoms with Crippen molar-refractivity contribution in [1.29, 1.82) is 0 Å². The molecule has 0 unspecified atom stereocenters. The topological polar surface area (TPSA) is 20.3 Å². The molecule has 6 heteroatoms. The summed E-state index contributed by atoms with van der Waals surface area (Å²) < 4.78 is 51.2. The Labute approximate surface area is 88.5 Å². The Morgan fingerprint density at radius 2 is 1.69 bits per heavy atom. The second kappa shape index (κ2) is 3.47. The zero-order chi connectivity index (χ0) is 11.9. The molecule has 16 heavy (non-hydrogen) atoms. The van der Waals surface area contributed by atoms with Crippen LogP contribution in [-0.2, 0) is 0 Å². The molecule has 1 aromatic carbocycles. The average molecular weight is 233 g/mol. The van der Waals surface area contributed by atoms with Crippen LogP contribution in [-0.4, -0.2) is 29.8 Å². The lowest BCUT2D eigenvalue weighted by molar-refractivity contribution is -0.113. The van der Waals surface area contributed by atoms with Crippen molar-refractivity contribution in [2.45, 2.75) is 5.92 Å². The minimum Gasteiger partial charge on any atom is -0.326 e. The Morgan fingerprint density at radius 1 is 1.19 bits per heavy atom. The van der Waals surface area contributed by atoms with Gasteiger partial charge in [0.15, 0.2) is 0 Å². The number of rotatable bonds is 1. The molecule has 2 nitrogen and oxygen atoms in total. The number of hydrogen-bond donors (Lipinski definition) is 0. The molecular weight excluding hydrogens is 226 g/mol. The maximum absolute atomic E-state index is 13.1. The SMILES string of the molecule is O=C(c1c(F)cccc1F)N1CC(F)(F)C1. The third-order valence-corrected chi connectivity index (χ3v) is 2.31. The van der Waals surface area contributed by atoms with Crippen LogP contribution in [0.25, 0.3) is 0 Å². The van der Waals surface area contributed by atoms with Crippen molar-refractivity contribution < 1.29 is 22.4 Å². The summed E-state index contributed by atoms with van der Waals surface area (Å²) in [4.78, 5) is 12.2. The highest BCUT2D eigenvalue weighted by atomic mass is 19.3. The molecule has 0 N–H and O–H groups in total. The molecule has 2 rings (SSSR count). The Hall–Kier alpha value is -1.59. The molecule has 1 aliphatic rings. The van der Waals surface area contributed by atoms with Crippen molar-refractivity contribution in [2.75, 3.05) is 13.1 Å².